The second-order valence-corrected chi connectivity index (χ2v) is 21.3. The molecule has 7 rings (SSSR count). The standard InChI is InChI=1S/C49H82O16/c1-13-25(2)45(52)61-29(6)48(53)18-19-49(54)33-15-14-31-20-32(16-17-46(31,8)34(33)21-38(47(48,49)9)62-30(7)50)63-39-23-36(56-11)43(27(4)59-39)65-41-24-37(57-12)44(28(5)60-41)64-40-22-35(55-10)42(51)26(3)58-40/h25-29,31-44,51,53-54H,13-24H2,1-12H3/t25?,26-,27-,28-,29-,31+,32+,33-,34+,35-,36+,37+,38-,39+,40+,41+,42-,43-,44-,46+,47-,48-,49+/m1/s1. The molecule has 4 aliphatic carbocycles. The second-order valence-electron chi connectivity index (χ2n) is 21.3. The molecule has 0 spiro atoms. The van der Waals surface area contributed by atoms with E-state index in [0.29, 0.717) is 44.4 Å². The van der Waals surface area contributed by atoms with Crippen molar-refractivity contribution in [2.45, 2.75) is 243 Å². The predicted molar refractivity (Wildman–Crippen MR) is 234 cm³/mol. The van der Waals surface area contributed by atoms with Gasteiger partial charge in [0.05, 0.1) is 59.7 Å². The highest BCUT2D eigenvalue weighted by Crippen LogP contribution is 2.71. The fourth-order valence-corrected chi connectivity index (χ4v) is 13.8. The zero-order valence-corrected chi connectivity index (χ0v) is 41.1. The maximum Gasteiger partial charge on any atom is 0.309 e. The van der Waals surface area contributed by atoms with E-state index >= 15 is 0 Å². The topological polar surface area (TPSA) is 196 Å². The lowest BCUT2D eigenvalue weighted by Crippen LogP contribution is -2.72. The number of carbonyl (C=O) groups excluding carboxylic acids is 2. The molecule has 4 saturated carbocycles. The van der Waals surface area contributed by atoms with Crippen molar-refractivity contribution in [3.05, 3.63) is 0 Å². The molecule has 3 saturated heterocycles. The Morgan fingerprint density at radius 3 is 1.82 bits per heavy atom. The van der Waals surface area contributed by atoms with Crippen LogP contribution in [0.2, 0.25) is 0 Å². The van der Waals surface area contributed by atoms with Gasteiger partial charge in [0, 0.05) is 47.5 Å². The first kappa shape index (κ1) is 51.3. The summed E-state index contributed by atoms with van der Waals surface area (Å²) in [6, 6.07) is 0. The predicted octanol–water partition coefficient (Wildman–Crippen LogP) is 5.36. The molecule has 7 aliphatic rings. The van der Waals surface area contributed by atoms with Gasteiger partial charge in [-0.15, -0.1) is 0 Å². The third-order valence-corrected chi connectivity index (χ3v) is 18.1. The number of fused-ring (bicyclic) bond motifs is 5. The third-order valence-electron chi connectivity index (χ3n) is 18.1. The van der Waals surface area contributed by atoms with Crippen LogP contribution < -0.4 is 0 Å². The molecule has 23 atom stereocenters. The smallest absolute Gasteiger partial charge is 0.309 e. The Hall–Kier alpha value is -1.54. The molecule has 16 nitrogen and oxygen atoms in total. The number of carbonyl (C=O) groups is 2. The Bertz CT molecular complexity index is 1640. The van der Waals surface area contributed by atoms with Gasteiger partial charge in [-0.25, -0.2) is 0 Å². The summed E-state index contributed by atoms with van der Waals surface area (Å²) in [6.07, 6.45) is -0.200. The second kappa shape index (κ2) is 20.1. The quantitative estimate of drug-likeness (QED) is 0.149. The normalized spacial score (nSPS) is 49.7. The molecule has 0 bridgehead atoms. The van der Waals surface area contributed by atoms with E-state index in [0.717, 1.165) is 32.1 Å². The highest BCUT2D eigenvalue weighted by atomic mass is 16.7. The highest BCUT2D eigenvalue weighted by molar-refractivity contribution is 5.72. The number of ether oxygens (including phenoxy) is 11. The van der Waals surface area contributed by atoms with Crippen LogP contribution in [0.4, 0.5) is 0 Å². The molecule has 0 aromatic rings. The van der Waals surface area contributed by atoms with Crippen LogP contribution in [0, 0.1) is 34.5 Å². The molecule has 3 aliphatic heterocycles. The SMILES string of the molecule is CCC(C)C(=O)O[C@H](C)[C@]1(O)CC[C@]2(O)[C@@H]3CC[C@H]4C[C@@H](O[C@H]5C[C@H](OC)[C@H](O[C@H]6C[C@H](OC)[C@H](O[C@H]7C[C@@H](OC)[C@H](O)[C@@H](C)O7)[C@@H](C)O6)[C@@H](C)O5)CC[C@]4(C)[C@H]3C[C@@H](OC(C)=O)[C@]12C. The minimum absolute atomic E-state index is 0.0391. The zero-order chi connectivity index (χ0) is 47.4. The van der Waals surface area contributed by atoms with Crippen LogP contribution in [0.15, 0.2) is 0 Å². The summed E-state index contributed by atoms with van der Waals surface area (Å²) in [6.45, 7) is 16.7. The van der Waals surface area contributed by atoms with E-state index < -0.39 is 84.2 Å². The van der Waals surface area contributed by atoms with E-state index in [1.165, 1.54) is 6.92 Å². The summed E-state index contributed by atoms with van der Waals surface area (Å²) in [5, 5.41) is 36.1. The number of esters is 2. The zero-order valence-electron chi connectivity index (χ0n) is 41.1. The van der Waals surface area contributed by atoms with Gasteiger partial charge in [0.15, 0.2) is 18.9 Å². The van der Waals surface area contributed by atoms with Crippen LogP contribution in [0.5, 0.6) is 0 Å². The van der Waals surface area contributed by atoms with Crippen molar-refractivity contribution in [1.82, 2.24) is 0 Å². The Kier molecular flexibility index (Phi) is 15.8. The minimum atomic E-state index is -1.60. The first-order chi connectivity index (χ1) is 30.7. The molecular weight excluding hydrogens is 845 g/mol. The molecule has 0 amide bonds. The van der Waals surface area contributed by atoms with Crippen molar-refractivity contribution in [2.24, 2.45) is 34.5 Å². The molecule has 0 aromatic carbocycles. The van der Waals surface area contributed by atoms with Gasteiger partial charge < -0.3 is 67.4 Å². The summed E-state index contributed by atoms with van der Waals surface area (Å²) in [4.78, 5) is 25.8. The lowest BCUT2D eigenvalue weighted by molar-refractivity contribution is -0.339. The van der Waals surface area contributed by atoms with Crippen molar-refractivity contribution >= 4 is 11.9 Å². The summed E-state index contributed by atoms with van der Waals surface area (Å²) in [7, 11) is 4.90. The number of hydrogen-bond donors (Lipinski definition) is 3. The van der Waals surface area contributed by atoms with Crippen molar-refractivity contribution in [2.75, 3.05) is 21.3 Å². The molecule has 1 unspecified atom stereocenters. The first-order valence-corrected chi connectivity index (χ1v) is 24.7. The fraction of sp³-hybridized carbons (Fsp3) is 0.959. The summed E-state index contributed by atoms with van der Waals surface area (Å²) in [5.74, 6) is -0.966. The number of aliphatic hydroxyl groups excluding tert-OH is 1. The Balaban J connectivity index is 0.969. The first-order valence-electron chi connectivity index (χ1n) is 24.7. The fourth-order valence-electron chi connectivity index (χ4n) is 13.8. The van der Waals surface area contributed by atoms with E-state index in [4.69, 9.17) is 52.1 Å². The monoisotopic (exact) mass is 927 g/mol. The summed E-state index contributed by atoms with van der Waals surface area (Å²) < 4.78 is 68.2. The van der Waals surface area contributed by atoms with Crippen LogP contribution >= 0.6 is 0 Å². The number of methoxy groups -OCH3 is 3. The molecule has 3 N–H and O–H groups in total. The molecule has 0 radical (unpaired) electrons. The largest absolute Gasteiger partial charge is 0.462 e. The van der Waals surface area contributed by atoms with E-state index in [9.17, 15) is 24.9 Å². The maximum atomic E-state index is 13.0. The Labute approximate surface area is 386 Å². The van der Waals surface area contributed by atoms with Crippen molar-refractivity contribution < 1.29 is 77.0 Å². The molecular formula is C49H82O16. The number of hydrogen-bond acceptors (Lipinski definition) is 16. The molecule has 0 aromatic heterocycles. The third kappa shape index (κ3) is 9.33. The average Bonchev–Trinajstić information content (AvgIpc) is 3.49. The van der Waals surface area contributed by atoms with Gasteiger partial charge >= 0.3 is 11.9 Å². The maximum absolute atomic E-state index is 13.0. The van der Waals surface area contributed by atoms with Crippen LogP contribution in [-0.2, 0) is 61.7 Å². The number of aliphatic hydroxyl groups is 3. The minimum Gasteiger partial charge on any atom is -0.462 e. The van der Waals surface area contributed by atoms with E-state index in [-0.39, 0.29) is 66.1 Å². The van der Waals surface area contributed by atoms with Gasteiger partial charge in [-0.3, -0.25) is 9.59 Å². The molecule has 374 valence electrons. The van der Waals surface area contributed by atoms with Crippen molar-refractivity contribution in [1.29, 1.82) is 0 Å². The van der Waals surface area contributed by atoms with Gasteiger partial charge in [-0.1, -0.05) is 27.7 Å². The van der Waals surface area contributed by atoms with E-state index in [1.807, 2.05) is 27.7 Å². The van der Waals surface area contributed by atoms with Gasteiger partial charge in [0.1, 0.15) is 36.1 Å². The molecule has 7 fully saturated rings. The van der Waals surface area contributed by atoms with Crippen LogP contribution in [0.1, 0.15) is 139 Å². The lowest BCUT2D eigenvalue weighted by Gasteiger charge is -2.66. The average molecular weight is 927 g/mol. The molecule has 16 heteroatoms. The Morgan fingerprint density at radius 1 is 0.708 bits per heavy atom. The van der Waals surface area contributed by atoms with E-state index in [2.05, 4.69) is 6.92 Å². The van der Waals surface area contributed by atoms with Gasteiger partial charge in [0.2, 0.25) is 0 Å². The van der Waals surface area contributed by atoms with Crippen LogP contribution in [0.25, 0.3) is 0 Å². The molecule has 65 heavy (non-hydrogen) atoms. The summed E-state index contributed by atoms with van der Waals surface area (Å²) in [5.41, 5.74) is -4.36. The van der Waals surface area contributed by atoms with Crippen molar-refractivity contribution in [3.63, 3.8) is 0 Å². The summed E-state index contributed by atoms with van der Waals surface area (Å²) >= 11 is 0. The Morgan fingerprint density at radius 2 is 1.26 bits per heavy atom. The van der Waals surface area contributed by atoms with Crippen LogP contribution in [0.3, 0.4) is 0 Å². The van der Waals surface area contributed by atoms with E-state index in [1.54, 1.807) is 42.1 Å². The lowest BCUT2D eigenvalue weighted by atomic mass is 9.42. The molecule has 3 heterocycles. The van der Waals surface area contributed by atoms with Gasteiger partial charge in [0.25, 0.3) is 0 Å². The van der Waals surface area contributed by atoms with Gasteiger partial charge in [-0.05, 0) is 109 Å². The van der Waals surface area contributed by atoms with Gasteiger partial charge in [-0.2, -0.15) is 0 Å². The van der Waals surface area contributed by atoms with Crippen molar-refractivity contribution in [3.8, 4) is 0 Å². The number of rotatable bonds is 14. The van der Waals surface area contributed by atoms with Crippen LogP contribution in [-0.4, -0.2) is 152 Å². The highest BCUT2D eigenvalue weighted by Gasteiger charge is 2.77.